The Labute approximate surface area is 104 Å². The van der Waals surface area contributed by atoms with E-state index in [4.69, 9.17) is 0 Å². The maximum absolute atomic E-state index is 12.1. The summed E-state index contributed by atoms with van der Waals surface area (Å²) < 4.78 is 1.76. The standard InChI is InChI=1S/C12H15N5O/c1-8-9(7-15-16-8)6-14-11-12(18)17(5-4-13-11)10-2-3-10/h4-5,7,10H,2-3,6H2,1H3,(H,13,14)(H,15,16). The molecule has 0 spiro atoms. The van der Waals surface area contributed by atoms with Crippen LogP contribution in [0.3, 0.4) is 0 Å². The van der Waals surface area contributed by atoms with Crippen LogP contribution in [-0.4, -0.2) is 19.7 Å². The second-order valence-corrected chi connectivity index (χ2v) is 4.59. The molecule has 6 heteroatoms. The zero-order valence-electron chi connectivity index (χ0n) is 10.2. The molecule has 6 nitrogen and oxygen atoms in total. The summed E-state index contributed by atoms with van der Waals surface area (Å²) >= 11 is 0. The summed E-state index contributed by atoms with van der Waals surface area (Å²) in [6.07, 6.45) is 7.36. The molecule has 2 aromatic rings. The Kier molecular flexibility index (Phi) is 2.62. The number of nitrogens with one attached hydrogen (secondary N) is 2. The van der Waals surface area contributed by atoms with E-state index in [0.717, 1.165) is 24.1 Å². The summed E-state index contributed by atoms with van der Waals surface area (Å²) in [5.74, 6) is 0.407. The van der Waals surface area contributed by atoms with Gasteiger partial charge in [0.1, 0.15) is 0 Å². The Balaban J connectivity index is 1.79. The molecular formula is C12H15N5O. The summed E-state index contributed by atoms with van der Waals surface area (Å²) in [5, 5.41) is 9.88. The van der Waals surface area contributed by atoms with Gasteiger partial charge in [-0.1, -0.05) is 0 Å². The number of H-pyrrole nitrogens is 1. The Bertz CT molecular complexity index is 611. The third-order valence-corrected chi connectivity index (χ3v) is 3.19. The van der Waals surface area contributed by atoms with Gasteiger partial charge in [-0.3, -0.25) is 9.89 Å². The van der Waals surface area contributed by atoms with E-state index < -0.39 is 0 Å². The molecule has 0 aromatic carbocycles. The molecule has 0 radical (unpaired) electrons. The molecule has 1 fully saturated rings. The Morgan fingerprint density at radius 3 is 3.06 bits per heavy atom. The average Bonchev–Trinajstić information content (AvgIpc) is 3.12. The minimum Gasteiger partial charge on any atom is -0.361 e. The number of anilines is 1. The number of aromatic nitrogens is 4. The summed E-state index contributed by atoms with van der Waals surface area (Å²) in [6.45, 7) is 2.50. The number of hydrogen-bond acceptors (Lipinski definition) is 4. The normalized spacial score (nSPS) is 14.7. The van der Waals surface area contributed by atoms with Gasteiger partial charge in [-0.2, -0.15) is 5.10 Å². The highest BCUT2D eigenvalue weighted by Crippen LogP contribution is 2.33. The van der Waals surface area contributed by atoms with E-state index in [1.54, 1.807) is 23.2 Å². The molecular weight excluding hydrogens is 230 g/mol. The molecule has 1 saturated carbocycles. The van der Waals surface area contributed by atoms with E-state index in [1.165, 1.54) is 0 Å². The zero-order valence-corrected chi connectivity index (χ0v) is 10.2. The van der Waals surface area contributed by atoms with Crippen LogP contribution in [0.15, 0.2) is 23.4 Å². The van der Waals surface area contributed by atoms with Crippen LogP contribution in [0.4, 0.5) is 5.82 Å². The van der Waals surface area contributed by atoms with Crippen molar-refractivity contribution in [3.63, 3.8) is 0 Å². The molecule has 0 bridgehead atoms. The van der Waals surface area contributed by atoms with Gasteiger partial charge in [0.25, 0.3) is 5.56 Å². The lowest BCUT2D eigenvalue weighted by atomic mass is 10.2. The van der Waals surface area contributed by atoms with Crippen molar-refractivity contribution in [3.05, 3.63) is 40.2 Å². The largest absolute Gasteiger partial charge is 0.361 e. The van der Waals surface area contributed by atoms with Crippen molar-refractivity contribution < 1.29 is 0 Å². The second kappa shape index (κ2) is 4.29. The number of hydrogen-bond donors (Lipinski definition) is 2. The van der Waals surface area contributed by atoms with Crippen molar-refractivity contribution in [2.24, 2.45) is 0 Å². The highest BCUT2D eigenvalue weighted by atomic mass is 16.1. The Morgan fingerprint density at radius 1 is 1.56 bits per heavy atom. The van der Waals surface area contributed by atoms with Crippen molar-refractivity contribution in [2.75, 3.05) is 5.32 Å². The quantitative estimate of drug-likeness (QED) is 0.849. The molecule has 2 aromatic heterocycles. The molecule has 0 saturated heterocycles. The van der Waals surface area contributed by atoms with Crippen LogP contribution in [0.1, 0.15) is 30.1 Å². The number of nitrogens with zero attached hydrogens (tertiary/aromatic N) is 3. The molecule has 0 unspecified atom stereocenters. The SMILES string of the molecule is Cc1[nH]ncc1CNc1nccn(C2CC2)c1=O. The summed E-state index contributed by atoms with van der Waals surface area (Å²) in [5.41, 5.74) is 2.00. The topological polar surface area (TPSA) is 75.6 Å². The van der Waals surface area contributed by atoms with Crippen molar-refractivity contribution >= 4 is 5.82 Å². The van der Waals surface area contributed by atoms with Gasteiger partial charge < -0.3 is 9.88 Å². The van der Waals surface area contributed by atoms with Gasteiger partial charge >= 0.3 is 0 Å². The lowest BCUT2D eigenvalue weighted by molar-refractivity contribution is 0.699. The molecule has 0 atom stereocenters. The lowest BCUT2D eigenvalue weighted by Gasteiger charge is -2.07. The predicted octanol–water partition coefficient (Wildman–Crippen LogP) is 1.22. The maximum Gasteiger partial charge on any atom is 0.293 e. The molecule has 18 heavy (non-hydrogen) atoms. The van der Waals surface area contributed by atoms with Crippen LogP contribution >= 0.6 is 0 Å². The minimum absolute atomic E-state index is 0.0406. The van der Waals surface area contributed by atoms with Crippen molar-refractivity contribution in [1.29, 1.82) is 0 Å². The van der Waals surface area contributed by atoms with Crippen LogP contribution < -0.4 is 10.9 Å². The van der Waals surface area contributed by atoms with Gasteiger partial charge in [0.05, 0.1) is 6.20 Å². The third-order valence-electron chi connectivity index (χ3n) is 3.19. The fraction of sp³-hybridized carbons (Fsp3) is 0.417. The van der Waals surface area contributed by atoms with E-state index >= 15 is 0 Å². The molecule has 0 amide bonds. The van der Waals surface area contributed by atoms with Crippen LogP contribution in [0, 0.1) is 6.92 Å². The van der Waals surface area contributed by atoms with E-state index in [2.05, 4.69) is 20.5 Å². The Hall–Kier alpha value is -2.11. The molecule has 94 valence electrons. The Morgan fingerprint density at radius 2 is 2.39 bits per heavy atom. The van der Waals surface area contributed by atoms with Crippen molar-refractivity contribution in [3.8, 4) is 0 Å². The van der Waals surface area contributed by atoms with Crippen molar-refractivity contribution in [2.45, 2.75) is 32.4 Å². The van der Waals surface area contributed by atoms with Gasteiger partial charge in [0.15, 0.2) is 5.82 Å². The smallest absolute Gasteiger partial charge is 0.293 e. The van der Waals surface area contributed by atoms with E-state index in [-0.39, 0.29) is 5.56 Å². The summed E-state index contributed by atoms with van der Waals surface area (Å²) in [4.78, 5) is 16.2. The molecule has 2 heterocycles. The van der Waals surface area contributed by atoms with Crippen LogP contribution in [0.5, 0.6) is 0 Å². The highest BCUT2D eigenvalue weighted by Gasteiger charge is 2.25. The van der Waals surface area contributed by atoms with Gasteiger partial charge in [0, 0.05) is 36.2 Å². The van der Waals surface area contributed by atoms with E-state index in [9.17, 15) is 4.79 Å². The molecule has 1 aliphatic carbocycles. The van der Waals surface area contributed by atoms with Crippen molar-refractivity contribution in [1.82, 2.24) is 19.7 Å². The first kappa shape index (κ1) is 11.0. The summed E-state index contributed by atoms with van der Waals surface area (Å²) in [6, 6.07) is 0.372. The molecule has 2 N–H and O–H groups in total. The lowest BCUT2D eigenvalue weighted by Crippen LogP contribution is -2.23. The monoisotopic (exact) mass is 245 g/mol. The highest BCUT2D eigenvalue weighted by molar-refractivity contribution is 5.33. The van der Waals surface area contributed by atoms with Crippen LogP contribution in [-0.2, 0) is 6.54 Å². The maximum atomic E-state index is 12.1. The van der Waals surface area contributed by atoms with Gasteiger partial charge in [-0.15, -0.1) is 0 Å². The first-order chi connectivity index (χ1) is 8.75. The molecule has 3 rings (SSSR count). The first-order valence-electron chi connectivity index (χ1n) is 6.05. The fourth-order valence-corrected chi connectivity index (χ4v) is 1.92. The van der Waals surface area contributed by atoms with Gasteiger partial charge in [-0.25, -0.2) is 4.98 Å². The predicted molar refractivity (Wildman–Crippen MR) is 67.4 cm³/mol. The van der Waals surface area contributed by atoms with Gasteiger partial charge in [-0.05, 0) is 19.8 Å². The average molecular weight is 245 g/mol. The number of aromatic amines is 1. The van der Waals surface area contributed by atoms with Crippen LogP contribution in [0.2, 0.25) is 0 Å². The third kappa shape index (κ3) is 2.01. The second-order valence-electron chi connectivity index (χ2n) is 4.59. The summed E-state index contributed by atoms with van der Waals surface area (Å²) in [7, 11) is 0. The number of rotatable bonds is 4. The molecule has 0 aliphatic heterocycles. The number of aryl methyl sites for hydroxylation is 1. The van der Waals surface area contributed by atoms with E-state index in [0.29, 0.717) is 18.4 Å². The minimum atomic E-state index is -0.0406. The zero-order chi connectivity index (χ0) is 12.5. The van der Waals surface area contributed by atoms with Crippen LogP contribution in [0.25, 0.3) is 0 Å². The fourth-order valence-electron chi connectivity index (χ4n) is 1.92. The molecule has 1 aliphatic rings. The van der Waals surface area contributed by atoms with Gasteiger partial charge in [0.2, 0.25) is 0 Å². The van der Waals surface area contributed by atoms with E-state index in [1.807, 2.05) is 6.92 Å². The first-order valence-corrected chi connectivity index (χ1v) is 6.05.